The molecule has 0 amide bonds. The first-order chi connectivity index (χ1) is 5.26. The minimum Gasteiger partial charge on any atom is -0.327 e. The van der Waals surface area contributed by atoms with E-state index in [9.17, 15) is 0 Å². The highest BCUT2D eigenvalue weighted by Crippen LogP contribution is 2.53. The van der Waals surface area contributed by atoms with E-state index in [0.29, 0.717) is 11.5 Å². The third-order valence-electron chi connectivity index (χ3n) is 4.16. The molecule has 1 unspecified atom stereocenters. The van der Waals surface area contributed by atoms with Gasteiger partial charge in [0.05, 0.1) is 0 Å². The Hall–Kier alpha value is -0.0400. The van der Waals surface area contributed by atoms with Gasteiger partial charge in [-0.05, 0) is 30.6 Å². The molecule has 0 aromatic heterocycles. The maximum atomic E-state index is 6.17. The first-order valence-electron chi connectivity index (χ1n) is 5.01. The topological polar surface area (TPSA) is 26.0 Å². The van der Waals surface area contributed by atoms with E-state index in [2.05, 4.69) is 6.92 Å². The van der Waals surface area contributed by atoms with Crippen LogP contribution in [0.25, 0.3) is 0 Å². The molecule has 0 saturated heterocycles. The van der Waals surface area contributed by atoms with Crippen LogP contribution < -0.4 is 5.73 Å². The summed E-state index contributed by atoms with van der Waals surface area (Å²) in [7, 11) is 0. The number of hydrogen-bond donors (Lipinski definition) is 1. The van der Waals surface area contributed by atoms with Gasteiger partial charge in [-0.3, -0.25) is 0 Å². The molecule has 0 aromatic rings. The Bertz CT molecular complexity index is 135. The molecule has 2 aliphatic carbocycles. The molecule has 0 bridgehead atoms. The zero-order valence-electron chi connectivity index (χ0n) is 7.47. The third-order valence-corrected chi connectivity index (χ3v) is 4.16. The highest BCUT2D eigenvalue weighted by Gasteiger charge is 2.47. The molecule has 1 nitrogen and oxygen atoms in total. The molecule has 2 N–H and O–H groups in total. The Labute approximate surface area is 69.4 Å². The predicted octanol–water partition coefficient (Wildman–Crippen LogP) is 2.30. The molecule has 2 rings (SSSR count). The quantitative estimate of drug-likeness (QED) is 0.568. The first-order valence-corrected chi connectivity index (χ1v) is 5.01. The van der Waals surface area contributed by atoms with Crippen LogP contribution in [-0.4, -0.2) is 6.04 Å². The molecule has 64 valence electrons. The fourth-order valence-electron chi connectivity index (χ4n) is 3.32. The van der Waals surface area contributed by atoms with Crippen molar-refractivity contribution < 1.29 is 0 Å². The summed E-state index contributed by atoms with van der Waals surface area (Å²) in [6.45, 7) is 2.40. The number of rotatable bonds is 0. The lowest BCUT2D eigenvalue weighted by Crippen LogP contribution is -2.38. The highest BCUT2D eigenvalue weighted by atomic mass is 14.7. The fourth-order valence-corrected chi connectivity index (χ4v) is 3.32. The van der Waals surface area contributed by atoms with Crippen LogP contribution in [0.4, 0.5) is 0 Å². The molecular weight excluding hydrogens is 134 g/mol. The van der Waals surface area contributed by atoms with Crippen LogP contribution in [0.5, 0.6) is 0 Å². The molecule has 0 heterocycles. The third kappa shape index (κ3) is 0.936. The predicted molar refractivity (Wildman–Crippen MR) is 47.3 cm³/mol. The van der Waals surface area contributed by atoms with E-state index in [4.69, 9.17) is 5.73 Å². The maximum Gasteiger partial charge on any atom is 0.00981 e. The summed E-state index contributed by atoms with van der Waals surface area (Å²) < 4.78 is 0. The van der Waals surface area contributed by atoms with Gasteiger partial charge in [-0.2, -0.15) is 0 Å². The molecule has 1 spiro atoms. The Kier molecular flexibility index (Phi) is 1.71. The molecule has 2 fully saturated rings. The first kappa shape index (κ1) is 7.60. The maximum absolute atomic E-state index is 6.17. The van der Waals surface area contributed by atoms with Crippen molar-refractivity contribution in [1.82, 2.24) is 0 Å². The van der Waals surface area contributed by atoms with Gasteiger partial charge in [0.15, 0.2) is 0 Å². The lowest BCUT2D eigenvalue weighted by Gasteiger charge is -2.33. The molecule has 2 saturated carbocycles. The molecule has 0 radical (unpaired) electrons. The Morgan fingerprint density at radius 2 is 1.82 bits per heavy atom. The molecule has 2 aliphatic rings. The van der Waals surface area contributed by atoms with Crippen molar-refractivity contribution in [3.05, 3.63) is 0 Å². The van der Waals surface area contributed by atoms with Crippen LogP contribution in [0.2, 0.25) is 0 Å². The van der Waals surface area contributed by atoms with Gasteiger partial charge in [0.1, 0.15) is 0 Å². The van der Waals surface area contributed by atoms with Gasteiger partial charge in [0.2, 0.25) is 0 Å². The van der Waals surface area contributed by atoms with Crippen molar-refractivity contribution in [2.45, 2.75) is 51.5 Å². The second kappa shape index (κ2) is 2.48. The summed E-state index contributed by atoms with van der Waals surface area (Å²) in [5.41, 5.74) is 6.75. The van der Waals surface area contributed by atoms with E-state index in [1.54, 1.807) is 0 Å². The van der Waals surface area contributed by atoms with Gasteiger partial charge in [-0.15, -0.1) is 0 Å². The number of nitrogens with two attached hydrogens (primary N) is 1. The van der Waals surface area contributed by atoms with E-state index in [1.807, 2.05) is 0 Å². The summed E-state index contributed by atoms with van der Waals surface area (Å²) in [6, 6.07) is 0.528. The van der Waals surface area contributed by atoms with Crippen LogP contribution >= 0.6 is 0 Å². The average molecular weight is 153 g/mol. The Morgan fingerprint density at radius 3 is 2.27 bits per heavy atom. The van der Waals surface area contributed by atoms with Crippen LogP contribution in [0.15, 0.2) is 0 Å². The minimum atomic E-state index is 0.528. The smallest absolute Gasteiger partial charge is 0.00981 e. The lowest BCUT2D eigenvalue weighted by molar-refractivity contribution is 0.194. The normalized spacial score (nSPS) is 50.7. The average Bonchev–Trinajstić information content (AvgIpc) is 2.48. The summed E-state index contributed by atoms with van der Waals surface area (Å²) >= 11 is 0. The van der Waals surface area contributed by atoms with E-state index in [0.717, 1.165) is 5.92 Å². The van der Waals surface area contributed by atoms with E-state index < -0.39 is 0 Å². The Balaban J connectivity index is 2.19. The molecule has 0 aromatic carbocycles. The molecule has 11 heavy (non-hydrogen) atoms. The van der Waals surface area contributed by atoms with Crippen LogP contribution in [0.3, 0.4) is 0 Å². The summed E-state index contributed by atoms with van der Waals surface area (Å²) in [6.07, 6.45) is 8.34. The molecule has 1 heteroatoms. The van der Waals surface area contributed by atoms with Gasteiger partial charge in [0.25, 0.3) is 0 Å². The van der Waals surface area contributed by atoms with E-state index in [1.165, 1.54) is 38.5 Å². The van der Waals surface area contributed by atoms with Crippen molar-refractivity contribution in [2.24, 2.45) is 17.1 Å². The van der Waals surface area contributed by atoms with Crippen LogP contribution in [0.1, 0.15) is 45.4 Å². The number of hydrogen-bond acceptors (Lipinski definition) is 1. The van der Waals surface area contributed by atoms with Crippen LogP contribution in [0, 0.1) is 11.3 Å². The standard InChI is InChI=1S/C10H19N/c1-8-4-2-6-10(8)7-3-5-9(10)11/h8-9H,2-7,11H2,1H3/t8-,9-,10?/m0/s1. The summed E-state index contributed by atoms with van der Waals surface area (Å²) in [4.78, 5) is 0. The summed E-state index contributed by atoms with van der Waals surface area (Å²) in [5.74, 6) is 0.903. The Morgan fingerprint density at radius 1 is 1.18 bits per heavy atom. The lowest BCUT2D eigenvalue weighted by atomic mass is 9.75. The van der Waals surface area contributed by atoms with Gasteiger partial charge in [-0.25, -0.2) is 0 Å². The summed E-state index contributed by atoms with van der Waals surface area (Å²) in [5, 5.41) is 0. The van der Waals surface area contributed by atoms with Gasteiger partial charge >= 0.3 is 0 Å². The molecule has 0 aliphatic heterocycles. The molecule has 3 atom stereocenters. The van der Waals surface area contributed by atoms with Crippen molar-refractivity contribution in [3.63, 3.8) is 0 Å². The van der Waals surface area contributed by atoms with E-state index >= 15 is 0 Å². The van der Waals surface area contributed by atoms with Crippen molar-refractivity contribution in [2.75, 3.05) is 0 Å². The largest absolute Gasteiger partial charge is 0.327 e. The van der Waals surface area contributed by atoms with E-state index in [-0.39, 0.29) is 0 Å². The van der Waals surface area contributed by atoms with Gasteiger partial charge in [-0.1, -0.05) is 26.2 Å². The van der Waals surface area contributed by atoms with Crippen molar-refractivity contribution >= 4 is 0 Å². The zero-order chi connectivity index (χ0) is 7.90. The zero-order valence-corrected chi connectivity index (χ0v) is 7.47. The highest BCUT2D eigenvalue weighted by molar-refractivity contribution is 5.00. The SMILES string of the molecule is C[C@H]1CCCC12CCC[C@@H]2N. The van der Waals surface area contributed by atoms with Crippen LogP contribution in [-0.2, 0) is 0 Å². The van der Waals surface area contributed by atoms with Gasteiger partial charge in [0, 0.05) is 6.04 Å². The van der Waals surface area contributed by atoms with Crippen molar-refractivity contribution in [1.29, 1.82) is 0 Å². The second-order valence-corrected chi connectivity index (χ2v) is 4.53. The fraction of sp³-hybridized carbons (Fsp3) is 1.00. The van der Waals surface area contributed by atoms with Gasteiger partial charge < -0.3 is 5.73 Å². The van der Waals surface area contributed by atoms with Crippen molar-refractivity contribution in [3.8, 4) is 0 Å². The molecular formula is C10H19N. The minimum absolute atomic E-state index is 0.528. The second-order valence-electron chi connectivity index (χ2n) is 4.53. The monoisotopic (exact) mass is 153 g/mol.